The Labute approximate surface area is 180 Å². The second kappa shape index (κ2) is 7.08. The second-order valence-corrected chi connectivity index (χ2v) is 8.40. The molecule has 2 N–H and O–H groups in total. The Balaban J connectivity index is 1.79. The van der Waals surface area contributed by atoms with Crippen LogP contribution in [-0.2, 0) is 13.6 Å². The van der Waals surface area contributed by atoms with E-state index in [0.717, 1.165) is 47.6 Å². The lowest BCUT2D eigenvalue weighted by Crippen LogP contribution is -2.31. The molecule has 4 heterocycles. The Hall–Kier alpha value is -3.42. The molecule has 5 rings (SSSR count). The van der Waals surface area contributed by atoms with Gasteiger partial charge in [0.05, 0.1) is 24.0 Å². The summed E-state index contributed by atoms with van der Waals surface area (Å²) in [6.07, 6.45) is 3.50. The average molecular weight is 420 g/mol. The minimum atomic E-state index is -0.351. The summed E-state index contributed by atoms with van der Waals surface area (Å²) in [7, 11) is 3.65. The SMILES string of the molecule is Cc1c2c(nn1C)CN(C)C(=O)c1ccc(F)cc1[C@H]1CCCN1c1cc-2cnc1N. The van der Waals surface area contributed by atoms with Crippen LogP contribution in [0, 0.1) is 12.7 Å². The van der Waals surface area contributed by atoms with Crippen molar-refractivity contribution >= 4 is 17.4 Å². The summed E-state index contributed by atoms with van der Waals surface area (Å²) in [4.78, 5) is 21.7. The van der Waals surface area contributed by atoms with Gasteiger partial charge in [-0.2, -0.15) is 5.10 Å². The van der Waals surface area contributed by atoms with E-state index in [2.05, 4.69) is 21.0 Å². The number of carbonyl (C=O) groups is 1. The number of rotatable bonds is 0. The first-order chi connectivity index (χ1) is 14.8. The van der Waals surface area contributed by atoms with Crippen LogP contribution in [0.1, 0.15) is 46.2 Å². The van der Waals surface area contributed by atoms with E-state index in [1.165, 1.54) is 12.1 Å². The van der Waals surface area contributed by atoms with Crippen molar-refractivity contribution < 1.29 is 9.18 Å². The molecule has 31 heavy (non-hydrogen) atoms. The Morgan fingerprint density at radius 3 is 2.84 bits per heavy atom. The van der Waals surface area contributed by atoms with Crippen molar-refractivity contribution in [2.24, 2.45) is 7.05 Å². The number of halogens is 1. The number of nitrogens with zero attached hydrogens (tertiary/aromatic N) is 5. The molecular formula is C23H25FN6O. The van der Waals surface area contributed by atoms with Crippen LogP contribution in [0.15, 0.2) is 30.5 Å². The van der Waals surface area contributed by atoms with Crippen LogP contribution in [0.4, 0.5) is 15.9 Å². The van der Waals surface area contributed by atoms with E-state index in [1.807, 2.05) is 18.7 Å². The van der Waals surface area contributed by atoms with Crippen LogP contribution in [0.5, 0.6) is 0 Å². The van der Waals surface area contributed by atoms with E-state index >= 15 is 0 Å². The van der Waals surface area contributed by atoms with Crippen molar-refractivity contribution in [3.8, 4) is 11.1 Å². The first-order valence-electron chi connectivity index (χ1n) is 10.4. The molecular weight excluding hydrogens is 395 g/mol. The molecule has 7 nitrogen and oxygen atoms in total. The number of nitrogens with two attached hydrogens (primary N) is 1. The van der Waals surface area contributed by atoms with Crippen molar-refractivity contribution in [2.75, 3.05) is 24.2 Å². The molecule has 3 aromatic rings. The Kier molecular flexibility index (Phi) is 4.46. The fourth-order valence-corrected chi connectivity index (χ4v) is 4.88. The summed E-state index contributed by atoms with van der Waals surface area (Å²) >= 11 is 0. The molecule has 0 saturated carbocycles. The summed E-state index contributed by atoms with van der Waals surface area (Å²) in [5, 5.41) is 4.67. The zero-order valence-corrected chi connectivity index (χ0v) is 17.9. The minimum Gasteiger partial charge on any atom is -0.382 e. The second-order valence-electron chi connectivity index (χ2n) is 8.40. The number of nitrogen functional groups attached to an aromatic ring is 1. The monoisotopic (exact) mass is 420 g/mol. The molecule has 160 valence electrons. The molecule has 1 amide bonds. The van der Waals surface area contributed by atoms with Crippen molar-refractivity contribution in [1.82, 2.24) is 19.7 Å². The maximum Gasteiger partial charge on any atom is 0.254 e. The fraction of sp³-hybridized carbons (Fsp3) is 0.348. The maximum atomic E-state index is 14.3. The molecule has 0 aliphatic carbocycles. The van der Waals surface area contributed by atoms with E-state index in [1.54, 1.807) is 24.2 Å². The Morgan fingerprint density at radius 1 is 1.23 bits per heavy atom. The summed E-state index contributed by atoms with van der Waals surface area (Å²) in [6.45, 7) is 3.10. The highest BCUT2D eigenvalue weighted by atomic mass is 19.1. The standard InChI is InChI=1S/C23H25FN6O/c1-13-21-14-9-20(22(25)26-11-14)30-8-4-5-19(30)17-10-15(24)6-7-16(17)23(31)28(2)12-18(21)27-29(13)3/h6-7,9-11,19H,4-5,8,12H2,1-3H3,(H2,25,26)/t19-/m1/s1. The summed E-state index contributed by atoms with van der Waals surface area (Å²) in [5.41, 5.74) is 12.0. The van der Waals surface area contributed by atoms with Crippen molar-refractivity contribution in [2.45, 2.75) is 32.4 Å². The third-order valence-electron chi connectivity index (χ3n) is 6.49. The Morgan fingerprint density at radius 2 is 2.03 bits per heavy atom. The number of pyridine rings is 1. The van der Waals surface area contributed by atoms with E-state index in [9.17, 15) is 9.18 Å². The topological polar surface area (TPSA) is 80.3 Å². The van der Waals surface area contributed by atoms with Gasteiger partial charge in [-0.3, -0.25) is 9.48 Å². The number of hydrogen-bond acceptors (Lipinski definition) is 5. The van der Waals surface area contributed by atoms with Crippen LogP contribution < -0.4 is 10.6 Å². The molecule has 1 aromatic carbocycles. The van der Waals surface area contributed by atoms with Gasteiger partial charge in [0.1, 0.15) is 11.6 Å². The quantitative estimate of drug-likeness (QED) is 0.603. The zero-order valence-electron chi connectivity index (χ0n) is 17.9. The van der Waals surface area contributed by atoms with E-state index in [0.29, 0.717) is 23.5 Å². The molecule has 0 radical (unpaired) electrons. The fourth-order valence-electron chi connectivity index (χ4n) is 4.88. The maximum absolute atomic E-state index is 14.3. The summed E-state index contributed by atoms with van der Waals surface area (Å²) in [6, 6.07) is 6.34. The molecule has 0 unspecified atom stereocenters. The van der Waals surface area contributed by atoms with Crippen molar-refractivity contribution in [3.05, 3.63) is 58.8 Å². The number of anilines is 2. The van der Waals surface area contributed by atoms with Gasteiger partial charge in [0.25, 0.3) is 5.91 Å². The summed E-state index contributed by atoms with van der Waals surface area (Å²) < 4.78 is 16.1. The molecule has 2 aliphatic heterocycles. The lowest BCUT2D eigenvalue weighted by molar-refractivity contribution is 0.0781. The van der Waals surface area contributed by atoms with Crippen molar-refractivity contribution in [1.29, 1.82) is 0 Å². The number of carbonyl (C=O) groups excluding carboxylic acids is 1. The van der Waals surface area contributed by atoms with Gasteiger partial charge in [-0.05, 0) is 49.6 Å². The molecule has 2 aliphatic rings. The van der Waals surface area contributed by atoms with Crippen LogP contribution >= 0.6 is 0 Å². The Bertz CT molecular complexity index is 1200. The number of hydrogen-bond donors (Lipinski definition) is 1. The van der Waals surface area contributed by atoms with Gasteiger partial charge in [-0.15, -0.1) is 0 Å². The van der Waals surface area contributed by atoms with E-state index < -0.39 is 0 Å². The molecule has 2 bridgehead atoms. The van der Waals surface area contributed by atoms with Gasteiger partial charge in [0.2, 0.25) is 0 Å². The highest BCUT2D eigenvalue weighted by Crippen LogP contribution is 2.42. The molecule has 1 fully saturated rings. The number of aryl methyl sites for hydroxylation is 1. The highest BCUT2D eigenvalue weighted by Gasteiger charge is 2.33. The third-order valence-corrected chi connectivity index (χ3v) is 6.49. The summed E-state index contributed by atoms with van der Waals surface area (Å²) in [5.74, 6) is -0.0701. The first kappa shape index (κ1) is 19.5. The lowest BCUT2D eigenvalue weighted by Gasteiger charge is -2.31. The smallest absolute Gasteiger partial charge is 0.254 e. The molecule has 0 spiro atoms. The molecule has 2 aromatic heterocycles. The predicted molar refractivity (Wildman–Crippen MR) is 117 cm³/mol. The number of amides is 1. The van der Waals surface area contributed by atoms with Crippen molar-refractivity contribution in [3.63, 3.8) is 0 Å². The van der Waals surface area contributed by atoms with Gasteiger partial charge in [0, 0.05) is 49.2 Å². The minimum absolute atomic E-state index is 0.142. The largest absolute Gasteiger partial charge is 0.382 e. The zero-order chi connectivity index (χ0) is 21.9. The van der Waals surface area contributed by atoms with Crippen LogP contribution in [0.2, 0.25) is 0 Å². The average Bonchev–Trinajstić information content (AvgIpc) is 3.32. The van der Waals surface area contributed by atoms with E-state index in [-0.39, 0.29) is 17.8 Å². The molecule has 8 heteroatoms. The van der Waals surface area contributed by atoms with Gasteiger partial charge in [0.15, 0.2) is 0 Å². The number of aromatic nitrogens is 3. The van der Waals surface area contributed by atoms with Gasteiger partial charge in [-0.25, -0.2) is 9.37 Å². The highest BCUT2D eigenvalue weighted by molar-refractivity contribution is 5.96. The normalized spacial score (nSPS) is 18.2. The van der Waals surface area contributed by atoms with Crippen LogP contribution in [0.3, 0.4) is 0 Å². The first-order valence-corrected chi connectivity index (χ1v) is 10.4. The van der Waals surface area contributed by atoms with Gasteiger partial charge < -0.3 is 15.5 Å². The van der Waals surface area contributed by atoms with E-state index in [4.69, 9.17) is 5.73 Å². The van der Waals surface area contributed by atoms with Crippen LogP contribution in [0.25, 0.3) is 11.1 Å². The molecule has 1 saturated heterocycles. The van der Waals surface area contributed by atoms with Crippen LogP contribution in [-0.4, -0.2) is 39.2 Å². The van der Waals surface area contributed by atoms with Gasteiger partial charge >= 0.3 is 0 Å². The van der Waals surface area contributed by atoms with Gasteiger partial charge in [-0.1, -0.05) is 0 Å². The third kappa shape index (κ3) is 3.05. The molecule has 1 atom stereocenters. The predicted octanol–water partition coefficient (Wildman–Crippen LogP) is 3.44. The number of benzene rings is 1. The number of fused-ring (bicyclic) bond motifs is 8. The lowest BCUT2D eigenvalue weighted by atomic mass is 9.96.